The van der Waals surface area contributed by atoms with Crippen molar-refractivity contribution < 1.29 is 33.8 Å². The molecule has 0 aliphatic rings. The third kappa shape index (κ3) is 16.3. The lowest BCUT2D eigenvalue weighted by Gasteiger charge is -2.38. The Morgan fingerprint density at radius 1 is 0.286 bits per heavy atom. The van der Waals surface area contributed by atoms with Gasteiger partial charge in [-0.25, -0.2) is 0 Å². The van der Waals surface area contributed by atoms with Gasteiger partial charge < -0.3 is 33.8 Å². The molecule has 0 aromatic heterocycles. The lowest BCUT2D eigenvalue weighted by molar-refractivity contribution is -0.928. The molecule has 0 saturated heterocycles. The van der Waals surface area contributed by atoms with E-state index >= 15 is 0 Å². The van der Waals surface area contributed by atoms with Crippen molar-refractivity contribution in [3.63, 3.8) is 0 Å². The molecule has 0 amide bonds. The van der Waals surface area contributed by atoms with Crippen LogP contribution in [0.5, 0.6) is 0 Å². The molecule has 0 aromatic carbocycles. The largest absolute Gasteiger partial charge is 1.00 e. The highest BCUT2D eigenvalue weighted by Crippen LogP contribution is 2.13. The Hall–Kier alpha value is 0.500. The first-order chi connectivity index (χ1) is 12.5. The van der Waals surface area contributed by atoms with Gasteiger partial charge in [0.25, 0.3) is 0 Å². The maximum atomic E-state index is 2.31. The van der Waals surface area contributed by atoms with Gasteiger partial charge in [0, 0.05) is 0 Å². The van der Waals surface area contributed by atoms with Gasteiger partial charge in [-0.05, 0) is 51.4 Å². The van der Waals surface area contributed by atoms with Crippen molar-refractivity contribution in [2.24, 2.45) is 0 Å². The molecule has 0 N–H and O–H groups in total. The summed E-state index contributed by atoms with van der Waals surface area (Å²) in [6, 6.07) is 0. The zero-order chi connectivity index (χ0) is 20.3. The van der Waals surface area contributed by atoms with E-state index in [0.29, 0.717) is 0 Å². The van der Waals surface area contributed by atoms with Crippen LogP contribution in [-0.4, -0.2) is 61.3 Å². The maximum absolute atomic E-state index is 2.31. The van der Waals surface area contributed by atoms with Gasteiger partial charge in [-0.1, -0.05) is 55.4 Å². The molecule has 28 heavy (non-hydrogen) atoms. The van der Waals surface area contributed by atoms with Crippen molar-refractivity contribution in [3.05, 3.63) is 0 Å². The second-order valence-corrected chi connectivity index (χ2v) is 8.47. The zero-order valence-corrected chi connectivity index (χ0v) is 22.5. The first-order valence-corrected chi connectivity index (χ1v) is 12.2. The summed E-state index contributed by atoms with van der Waals surface area (Å²) in [6.45, 7) is 29.6. The van der Waals surface area contributed by atoms with Crippen LogP contribution in [0.1, 0.15) is 107 Å². The maximum Gasteiger partial charge on any atom is 0.0783 e. The van der Waals surface area contributed by atoms with Crippen LogP contribution in [0.4, 0.5) is 0 Å². The van der Waals surface area contributed by atoms with E-state index < -0.39 is 0 Å². The Labute approximate surface area is 192 Å². The topological polar surface area (TPSA) is 0 Å². The Kier molecular flexibility index (Phi) is 30.5. The minimum absolute atomic E-state index is 0. The molecule has 4 heteroatoms. The summed E-state index contributed by atoms with van der Waals surface area (Å²) in [7, 11) is 0. The number of halogens is 2. The van der Waals surface area contributed by atoms with E-state index in [0.717, 1.165) is 0 Å². The lowest BCUT2D eigenvalue weighted by atomic mass is 10.2. The predicted octanol–water partition coefficient (Wildman–Crippen LogP) is 0.894. The number of nitrogens with zero attached hydrogens (tertiary/aromatic N) is 2. The molecule has 0 radical (unpaired) electrons. The van der Waals surface area contributed by atoms with Gasteiger partial charge in [0.1, 0.15) is 0 Å². The molecule has 0 aromatic rings. The summed E-state index contributed by atoms with van der Waals surface area (Å²) in [6.07, 6.45) is 10.7. The molecule has 0 fully saturated rings. The third-order valence-corrected chi connectivity index (χ3v) is 5.58. The second kappa shape index (κ2) is 23.8. The summed E-state index contributed by atoms with van der Waals surface area (Å²) >= 11 is 0. The smallest absolute Gasteiger partial charge is 0.0783 e. The van der Waals surface area contributed by atoms with Crippen molar-refractivity contribution >= 4 is 0 Å². The first-order valence-electron chi connectivity index (χ1n) is 12.2. The fourth-order valence-electron chi connectivity index (χ4n) is 5.14. The minimum atomic E-state index is 0. The van der Waals surface area contributed by atoms with Gasteiger partial charge in [0.05, 0.1) is 52.4 Å². The Morgan fingerprint density at radius 2 is 0.393 bits per heavy atom. The standard InChI is InChI=1S/2C12H28N.2ClH/c2*1-5-9-13(10-6-2,11-7-3)12-8-4;;/h2*5-12H2,1-4H3;2*1H/q2*+1;;/p-2. The van der Waals surface area contributed by atoms with Crippen LogP contribution in [0.2, 0.25) is 0 Å². The van der Waals surface area contributed by atoms with Crippen LogP contribution in [0.15, 0.2) is 0 Å². The molecule has 0 aliphatic heterocycles. The third-order valence-electron chi connectivity index (χ3n) is 5.58. The Bertz CT molecular complexity index is 199. The zero-order valence-electron chi connectivity index (χ0n) is 21.0. The number of quaternary nitrogens is 2. The molecule has 0 rings (SSSR count). The van der Waals surface area contributed by atoms with Crippen molar-refractivity contribution in [2.45, 2.75) is 107 Å². The average Bonchev–Trinajstić information content (AvgIpc) is 2.57. The number of rotatable bonds is 16. The van der Waals surface area contributed by atoms with E-state index in [-0.39, 0.29) is 24.8 Å². The van der Waals surface area contributed by atoms with E-state index in [1.54, 1.807) is 0 Å². The molecular weight excluding hydrogens is 387 g/mol. The number of hydrogen-bond acceptors (Lipinski definition) is 0. The monoisotopic (exact) mass is 442 g/mol. The SMILES string of the molecule is CCC[N+](CCC)(CCC)CCC.CCC[N+](CCC)(CCC)CCC.[Cl-].[Cl-]. The highest BCUT2D eigenvalue weighted by atomic mass is 35.5. The summed E-state index contributed by atoms with van der Waals surface area (Å²) in [4.78, 5) is 0. The van der Waals surface area contributed by atoms with Crippen molar-refractivity contribution in [2.75, 3.05) is 52.4 Å². The average molecular weight is 444 g/mol. The first kappa shape index (κ1) is 35.9. The lowest BCUT2D eigenvalue weighted by Crippen LogP contribution is -3.00. The van der Waals surface area contributed by atoms with E-state index in [1.807, 2.05) is 0 Å². The minimum Gasteiger partial charge on any atom is -1.00 e. The molecule has 0 unspecified atom stereocenters. The van der Waals surface area contributed by atoms with E-state index in [4.69, 9.17) is 0 Å². The Balaban J connectivity index is -0.000000192. The fraction of sp³-hybridized carbons (Fsp3) is 1.00. The van der Waals surface area contributed by atoms with Crippen molar-refractivity contribution in [1.29, 1.82) is 0 Å². The normalized spacial score (nSPS) is 11.1. The summed E-state index contributed by atoms with van der Waals surface area (Å²) < 4.78 is 2.75. The molecule has 0 spiro atoms. The van der Waals surface area contributed by atoms with Crippen LogP contribution in [0.3, 0.4) is 0 Å². The van der Waals surface area contributed by atoms with Crippen LogP contribution in [0, 0.1) is 0 Å². The molecular formula is C24H56Cl2N2. The molecule has 2 nitrogen and oxygen atoms in total. The quantitative estimate of drug-likeness (QED) is 0.311. The summed E-state index contributed by atoms with van der Waals surface area (Å²) in [5.41, 5.74) is 0. The van der Waals surface area contributed by atoms with E-state index in [2.05, 4.69) is 55.4 Å². The number of hydrogen-bond donors (Lipinski definition) is 0. The van der Waals surface area contributed by atoms with Gasteiger partial charge in [-0.15, -0.1) is 0 Å². The molecule has 176 valence electrons. The van der Waals surface area contributed by atoms with Crippen LogP contribution in [-0.2, 0) is 0 Å². The van der Waals surface area contributed by atoms with Gasteiger partial charge in [0.2, 0.25) is 0 Å². The van der Waals surface area contributed by atoms with Gasteiger partial charge >= 0.3 is 0 Å². The van der Waals surface area contributed by atoms with Crippen molar-refractivity contribution in [1.82, 2.24) is 0 Å². The fourth-order valence-corrected chi connectivity index (χ4v) is 5.14. The Morgan fingerprint density at radius 3 is 0.464 bits per heavy atom. The van der Waals surface area contributed by atoms with Gasteiger partial charge in [0.15, 0.2) is 0 Å². The van der Waals surface area contributed by atoms with Gasteiger partial charge in [-0.3, -0.25) is 0 Å². The van der Waals surface area contributed by atoms with Crippen LogP contribution >= 0.6 is 0 Å². The van der Waals surface area contributed by atoms with E-state index in [9.17, 15) is 0 Å². The van der Waals surface area contributed by atoms with Crippen LogP contribution in [0.25, 0.3) is 0 Å². The predicted molar refractivity (Wildman–Crippen MR) is 122 cm³/mol. The summed E-state index contributed by atoms with van der Waals surface area (Å²) in [5.74, 6) is 0. The summed E-state index contributed by atoms with van der Waals surface area (Å²) in [5, 5.41) is 0. The molecule has 0 aliphatic carbocycles. The molecule has 0 heterocycles. The van der Waals surface area contributed by atoms with Crippen molar-refractivity contribution in [3.8, 4) is 0 Å². The second-order valence-electron chi connectivity index (χ2n) is 8.47. The molecule has 0 saturated carbocycles. The van der Waals surface area contributed by atoms with Crippen LogP contribution < -0.4 is 24.8 Å². The van der Waals surface area contributed by atoms with E-state index in [1.165, 1.54) is 113 Å². The highest BCUT2D eigenvalue weighted by molar-refractivity contribution is 4.45. The molecule has 0 atom stereocenters. The van der Waals surface area contributed by atoms with Gasteiger partial charge in [-0.2, -0.15) is 0 Å². The highest BCUT2D eigenvalue weighted by Gasteiger charge is 2.23. The molecule has 0 bridgehead atoms.